The van der Waals surface area contributed by atoms with E-state index in [0.717, 1.165) is 12.8 Å². The first-order valence-electron chi connectivity index (χ1n) is 9.35. The summed E-state index contributed by atoms with van der Waals surface area (Å²) >= 11 is 0. The molecule has 0 aliphatic rings. The van der Waals surface area contributed by atoms with E-state index < -0.39 is 0 Å². The molecule has 0 heteroatoms. The third-order valence-corrected chi connectivity index (χ3v) is 6.03. The van der Waals surface area contributed by atoms with Gasteiger partial charge in [0.25, 0.3) is 0 Å². The maximum atomic E-state index is 2.48. The smallest absolute Gasteiger partial charge is 0.0103 e. The molecule has 24 heavy (non-hydrogen) atoms. The Labute approximate surface area is 149 Å². The van der Waals surface area contributed by atoms with Crippen LogP contribution in [0.15, 0.2) is 36.4 Å². The van der Waals surface area contributed by atoms with E-state index in [2.05, 4.69) is 91.8 Å². The maximum absolute atomic E-state index is 2.48. The normalized spacial score (nSPS) is 12.5. The van der Waals surface area contributed by atoms with Crippen LogP contribution in [-0.4, -0.2) is 0 Å². The van der Waals surface area contributed by atoms with Crippen molar-refractivity contribution >= 4 is 0 Å². The van der Waals surface area contributed by atoms with Crippen molar-refractivity contribution in [1.29, 1.82) is 0 Å². The van der Waals surface area contributed by atoms with Gasteiger partial charge in [0, 0.05) is 0 Å². The first-order valence-corrected chi connectivity index (χ1v) is 9.35. The summed E-state index contributed by atoms with van der Waals surface area (Å²) in [5.41, 5.74) is 8.92. The molecule has 0 bridgehead atoms. The van der Waals surface area contributed by atoms with Gasteiger partial charge in [0.05, 0.1) is 0 Å². The van der Waals surface area contributed by atoms with Crippen LogP contribution < -0.4 is 0 Å². The zero-order valence-corrected chi connectivity index (χ0v) is 16.9. The Hall–Kier alpha value is -1.56. The van der Waals surface area contributed by atoms with Gasteiger partial charge in [0.2, 0.25) is 0 Å². The Bertz CT molecular complexity index is 717. The first kappa shape index (κ1) is 18.8. The highest BCUT2D eigenvalue weighted by Gasteiger charge is 2.30. The molecule has 0 nitrogen and oxygen atoms in total. The summed E-state index contributed by atoms with van der Waals surface area (Å²) in [6.45, 7) is 18.6. The number of hydrogen-bond acceptors (Lipinski definition) is 0. The molecular weight excluding hydrogens is 288 g/mol. The molecule has 2 aromatic rings. The zero-order valence-electron chi connectivity index (χ0n) is 16.9. The van der Waals surface area contributed by atoms with Crippen LogP contribution in [0, 0.1) is 13.8 Å². The predicted molar refractivity (Wildman–Crippen MR) is 108 cm³/mol. The summed E-state index contributed by atoms with van der Waals surface area (Å²) in [6.07, 6.45) is 2.30. The highest BCUT2D eigenvalue weighted by molar-refractivity contribution is 5.72. The van der Waals surface area contributed by atoms with Crippen LogP contribution in [-0.2, 0) is 10.8 Å². The molecule has 0 amide bonds. The molecule has 0 atom stereocenters. The molecule has 0 saturated carbocycles. The summed E-state index contributed by atoms with van der Waals surface area (Å²) in [5.74, 6) is 0. The molecule has 0 heterocycles. The van der Waals surface area contributed by atoms with Gasteiger partial charge in [-0.15, -0.1) is 0 Å². The lowest BCUT2D eigenvalue weighted by Crippen LogP contribution is -2.26. The zero-order chi connectivity index (χ0) is 18.1. The highest BCUT2D eigenvalue weighted by atomic mass is 14.3. The van der Waals surface area contributed by atoms with Crippen molar-refractivity contribution in [3.63, 3.8) is 0 Å². The van der Waals surface area contributed by atoms with Gasteiger partial charge >= 0.3 is 0 Å². The van der Waals surface area contributed by atoms with Gasteiger partial charge in [0.15, 0.2) is 0 Å². The lowest BCUT2D eigenvalue weighted by Gasteiger charge is -2.35. The summed E-state index contributed by atoms with van der Waals surface area (Å²) in [5, 5.41) is 0. The first-order chi connectivity index (χ1) is 11.1. The molecule has 0 radical (unpaired) electrons. The van der Waals surface area contributed by atoms with E-state index in [9.17, 15) is 0 Å². The Morgan fingerprint density at radius 3 is 1.67 bits per heavy atom. The van der Waals surface area contributed by atoms with Gasteiger partial charge in [-0.05, 0) is 70.9 Å². The van der Waals surface area contributed by atoms with Crippen molar-refractivity contribution in [1.82, 2.24) is 0 Å². The topological polar surface area (TPSA) is 0 Å². The minimum absolute atomic E-state index is 0.187. The third kappa shape index (κ3) is 3.43. The Balaban J connectivity index is 2.79. The van der Waals surface area contributed by atoms with Gasteiger partial charge in [-0.1, -0.05) is 77.9 Å². The van der Waals surface area contributed by atoms with Crippen LogP contribution in [0.3, 0.4) is 0 Å². The molecular formula is C24H34. The van der Waals surface area contributed by atoms with E-state index in [1.807, 2.05) is 0 Å². The van der Waals surface area contributed by atoms with Crippen molar-refractivity contribution in [3.8, 4) is 11.1 Å². The number of hydrogen-bond donors (Lipinski definition) is 0. The molecule has 0 spiro atoms. The summed E-state index contributed by atoms with van der Waals surface area (Å²) in [4.78, 5) is 0. The van der Waals surface area contributed by atoms with Gasteiger partial charge in [-0.2, -0.15) is 0 Å². The molecule has 0 aliphatic heterocycles. The molecule has 0 unspecified atom stereocenters. The fourth-order valence-electron chi connectivity index (χ4n) is 3.37. The molecule has 0 fully saturated rings. The number of aryl methyl sites for hydroxylation is 2. The third-order valence-electron chi connectivity index (χ3n) is 6.03. The minimum Gasteiger partial charge on any atom is -0.0646 e. The minimum atomic E-state index is 0.187. The average molecular weight is 323 g/mol. The molecule has 0 aliphatic carbocycles. The fraction of sp³-hybridized carbons (Fsp3) is 0.500. The second kappa shape index (κ2) is 6.75. The van der Waals surface area contributed by atoms with Crippen molar-refractivity contribution in [2.75, 3.05) is 0 Å². The second-order valence-electron chi connectivity index (χ2n) is 8.50. The number of rotatable bonds is 5. The molecule has 0 N–H and O–H groups in total. The van der Waals surface area contributed by atoms with Crippen molar-refractivity contribution < 1.29 is 0 Å². The quantitative estimate of drug-likeness (QED) is 0.540. The van der Waals surface area contributed by atoms with Gasteiger partial charge in [0.1, 0.15) is 0 Å². The standard InChI is InChI=1S/C24H34/c1-9-23(5,6)21-15-18(4)20(16-22(21)24(7,8)10-2)19-14-12-11-13-17(19)3/h11-16H,9-10H2,1-8H3. The van der Waals surface area contributed by atoms with Crippen molar-refractivity contribution in [3.05, 3.63) is 58.7 Å². The monoisotopic (exact) mass is 322 g/mol. The van der Waals surface area contributed by atoms with Crippen molar-refractivity contribution in [2.24, 2.45) is 0 Å². The van der Waals surface area contributed by atoms with Gasteiger partial charge in [-0.25, -0.2) is 0 Å². The summed E-state index contributed by atoms with van der Waals surface area (Å²) < 4.78 is 0. The summed E-state index contributed by atoms with van der Waals surface area (Å²) in [6, 6.07) is 13.7. The largest absolute Gasteiger partial charge is 0.0646 e. The Kier molecular flexibility index (Phi) is 5.28. The second-order valence-corrected chi connectivity index (χ2v) is 8.50. The molecule has 0 saturated heterocycles. The van der Waals surface area contributed by atoms with Crippen LogP contribution >= 0.6 is 0 Å². The van der Waals surface area contributed by atoms with Crippen LogP contribution in [0.25, 0.3) is 11.1 Å². The van der Waals surface area contributed by atoms with Crippen molar-refractivity contribution in [2.45, 2.75) is 79.1 Å². The Morgan fingerprint density at radius 2 is 1.17 bits per heavy atom. The predicted octanol–water partition coefficient (Wildman–Crippen LogP) is 7.35. The highest BCUT2D eigenvalue weighted by Crippen LogP contribution is 2.41. The number of benzene rings is 2. The van der Waals surface area contributed by atoms with E-state index in [4.69, 9.17) is 0 Å². The van der Waals surface area contributed by atoms with E-state index in [-0.39, 0.29) is 10.8 Å². The molecule has 2 rings (SSSR count). The van der Waals surface area contributed by atoms with Crippen LogP contribution in [0.2, 0.25) is 0 Å². The molecule has 0 aromatic heterocycles. The van der Waals surface area contributed by atoms with Gasteiger partial charge in [-0.3, -0.25) is 0 Å². The SMILES string of the molecule is CCC(C)(C)c1cc(C)c(-c2ccccc2C)cc1C(C)(C)CC. The van der Waals surface area contributed by atoms with E-state index >= 15 is 0 Å². The van der Waals surface area contributed by atoms with E-state index in [1.165, 1.54) is 33.4 Å². The lowest BCUT2D eigenvalue weighted by molar-refractivity contribution is 0.455. The van der Waals surface area contributed by atoms with Crippen LogP contribution in [0.4, 0.5) is 0 Å². The van der Waals surface area contributed by atoms with Crippen LogP contribution in [0.5, 0.6) is 0 Å². The molecule has 2 aromatic carbocycles. The maximum Gasteiger partial charge on any atom is -0.0103 e. The fourth-order valence-corrected chi connectivity index (χ4v) is 3.37. The van der Waals surface area contributed by atoms with Crippen LogP contribution in [0.1, 0.15) is 76.6 Å². The van der Waals surface area contributed by atoms with E-state index in [0.29, 0.717) is 0 Å². The lowest BCUT2D eigenvalue weighted by atomic mass is 9.70. The molecule has 130 valence electrons. The Morgan fingerprint density at radius 1 is 0.667 bits per heavy atom. The van der Waals surface area contributed by atoms with E-state index in [1.54, 1.807) is 0 Å². The average Bonchev–Trinajstić information content (AvgIpc) is 2.55. The van der Waals surface area contributed by atoms with Gasteiger partial charge < -0.3 is 0 Å². The summed E-state index contributed by atoms with van der Waals surface area (Å²) in [7, 11) is 0.